The van der Waals surface area contributed by atoms with Gasteiger partial charge in [-0.2, -0.15) is 0 Å². The minimum absolute atomic E-state index is 0.834. The molecule has 1 aromatic rings. The van der Waals surface area contributed by atoms with Crippen molar-refractivity contribution in [1.82, 2.24) is 0 Å². The average molecular weight is 228 g/mol. The monoisotopic (exact) mass is 228 g/mol. The van der Waals surface area contributed by atoms with E-state index in [0.29, 0.717) is 0 Å². The van der Waals surface area contributed by atoms with E-state index in [-0.39, 0.29) is 0 Å². The molecule has 2 rings (SSSR count). The van der Waals surface area contributed by atoms with E-state index >= 15 is 0 Å². The molecule has 5 heteroatoms. The molecule has 0 saturated heterocycles. The average Bonchev–Trinajstić information content (AvgIpc) is 2.33. The van der Waals surface area contributed by atoms with E-state index in [9.17, 15) is 0 Å². The number of para-hydroxylation sites is 1. The van der Waals surface area contributed by atoms with E-state index in [4.69, 9.17) is 25.6 Å². The topological polar surface area (TPSA) is 7.45 Å². The van der Waals surface area contributed by atoms with Crippen LogP contribution in [-0.2, 0) is 25.6 Å². The van der Waals surface area contributed by atoms with Gasteiger partial charge in [-0.25, -0.2) is 3.98 Å². The van der Waals surface area contributed by atoms with Crippen LogP contribution in [0, 0.1) is 0 Å². The summed E-state index contributed by atoms with van der Waals surface area (Å²) >= 11 is 14.8. The molecule has 0 spiro atoms. The molecule has 0 radical (unpaired) electrons. The van der Waals surface area contributed by atoms with Gasteiger partial charge < -0.3 is 29.9 Å². The van der Waals surface area contributed by atoms with Crippen LogP contribution in [0.25, 0.3) is 0 Å². The molecule has 13 heavy (non-hydrogen) atoms. The van der Waals surface area contributed by atoms with Gasteiger partial charge >= 0.3 is 5.84 Å². The van der Waals surface area contributed by atoms with Crippen molar-refractivity contribution < 1.29 is 8.29 Å². The highest BCUT2D eigenvalue weighted by Crippen LogP contribution is 2.30. The van der Waals surface area contributed by atoms with E-state index in [1.165, 1.54) is 0 Å². The Hall–Kier alpha value is -0.230. The second-order valence-electron chi connectivity index (χ2n) is 2.88. The second kappa shape index (κ2) is 3.16. The van der Waals surface area contributed by atoms with Gasteiger partial charge in [-0.1, -0.05) is 6.07 Å². The van der Waals surface area contributed by atoms with Crippen LogP contribution < -0.4 is 4.31 Å². The highest BCUT2D eigenvalue weighted by Gasteiger charge is 2.29. The Balaban J connectivity index is 2.72. The molecule has 0 aliphatic carbocycles. The summed E-state index contributed by atoms with van der Waals surface area (Å²) in [5.41, 5.74) is 1.97. The minimum Gasteiger partial charge on any atom is -0.478 e. The largest absolute Gasteiger partial charge is 0.478 e. The Morgan fingerprint density at radius 3 is 2.77 bits per heavy atom. The number of thiol groups is 1. The summed E-state index contributed by atoms with van der Waals surface area (Å²) < 4.78 is 2.51. The third-order valence-corrected chi connectivity index (χ3v) is 3.43. The molecule has 0 bridgehead atoms. The fraction of sp³-hybridized carbons (Fsp3) is 0.125. The van der Waals surface area contributed by atoms with Crippen molar-refractivity contribution in [2.45, 2.75) is 11.8 Å². The number of nitrogens with zero attached hydrogens (tertiary/aromatic N) is 1. The summed E-state index contributed by atoms with van der Waals surface area (Å²) in [6.07, 6.45) is 0. The number of amidine groups is 1. The predicted molar refractivity (Wildman–Crippen MR) is 59.6 cm³/mol. The Kier molecular flexibility index (Phi) is 2.27. The molecule has 0 fully saturated rings. The lowest BCUT2D eigenvalue weighted by Crippen LogP contribution is -3.04. The quantitative estimate of drug-likeness (QED) is 0.379. The molecular weight excluding hydrogens is 220 g/mol. The molecule has 1 aromatic carbocycles. The molecule has 1 atom stereocenters. The normalized spacial score (nSPS) is 20.7. The van der Waals surface area contributed by atoms with Crippen molar-refractivity contribution in [3.05, 3.63) is 18.2 Å². The maximum Gasteiger partial charge on any atom is 0.311 e. The molecule has 68 valence electrons. The summed E-state index contributed by atoms with van der Waals surface area (Å²) in [7, 11) is 0. The van der Waals surface area contributed by atoms with E-state index in [1.54, 1.807) is 3.98 Å². The molecule has 2 nitrogen and oxygen atoms in total. The highest BCUT2D eigenvalue weighted by molar-refractivity contribution is 7.80. The van der Waals surface area contributed by atoms with Crippen molar-refractivity contribution in [1.29, 1.82) is 0 Å². The lowest BCUT2D eigenvalue weighted by Gasteiger charge is -2.11. The van der Waals surface area contributed by atoms with Crippen molar-refractivity contribution in [3.8, 4) is 0 Å². The fourth-order valence-corrected chi connectivity index (χ4v) is 2.36. The Morgan fingerprint density at radius 2 is 2.15 bits per heavy atom. The van der Waals surface area contributed by atoms with E-state index < -0.39 is 0 Å². The third kappa shape index (κ3) is 1.27. The Bertz CT molecular complexity index is 400. The molecule has 0 saturated carbocycles. The number of fused-ring (bicyclic) bond motifs is 1. The maximum atomic E-state index is 5.25. The van der Waals surface area contributed by atoms with Crippen LogP contribution in [0.5, 0.6) is 0 Å². The second-order valence-corrected chi connectivity index (χ2v) is 4.14. The molecule has 0 amide bonds. The first-order valence-corrected chi connectivity index (χ1v) is 5.02. The molecule has 1 aliphatic rings. The summed E-state index contributed by atoms with van der Waals surface area (Å²) in [6.45, 7) is 1.93. The molecule has 1 N–H and O–H groups in total. The number of nitrogens with one attached hydrogen (secondary N) is 1. The zero-order chi connectivity index (χ0) is 9.59. The number of quaternary nitrogens is 1. The van der Waals surface area contributed by atoms with E-state index in [0.717, 1.165) is 26.4 Å². The molecular formula is C8H8N2S3. The van der Waals surface area contributed by atoms with Crippen LogP contribution in [0.1, 0.15) is 6.92 Å². The standard InChI is InChI=1S/C8H8N2S3/c1-5-9(12)6-3-2-4-7(11)8(6)10(5)13/h2-4,9,11H,1H3. The van der Waals surface area contributed by atoms with Gasteiger partial charge in [0.2, 0.25) is 0 Å². The number of hydrogen-bond donors (Lipinski definition) is 2. The summed E-state index contributed by atoms with van der Waals surface area (Å²) in [5.74, 6) is 0.946. The SMILES string of the molecule is CC1=[N+]([S-])c2c(S)cccc2[NH+]1[S-]. The van der Waals surface area contributed by atoms with Crippen LogP contribution in [0.3, 0.4) is 0 Å². The minimum atomic E-state index is 0.834. The number of hydrogen-bond acceptors (Lipinski definition) is 3. The van der Waals surface area contributed by atoms with Crippen molar-refractivity contribution in [3.63, 3.8) is 0 Å². The first-order chi connectivity index (χ1) is 6.13. The first kappa shape index (κ1) is 9.33. The Labute approximate surface area is 93.8 Å². The van der Waals surface area contributed by atoms with Gasteiger partial charge in [-0.3, -0.25) is 0 Å². The van der Waals surface area contributed by atoms with Crippen LogP contribution in [0.2, 0.25) is 0 Å². The lowest BCUT2D eigenvalue weighted by atomic mass is 10.3. The van der Waals surface area contributed by atoms with Crippen LogP contribution in [0.4, 0.5) is 11.4 Å². The number of rotatable bonds is 0. The summed E-state index contributed by atoms with van der Waals surface area (Å²) in [5, 5.41) is 0. The van der Waals surface area contributed by atoms with E-state index in [1.807, 2.05) is 25.1 Å². The summed E-state index contributed by atoms with van der Waals surface area (Å²) in [4.78, 5) is 0.881. The first-order valence-electron chi connectivity index (χ1n) is 3.80. The lowest BCUT2D eigenvalue weighted by molar-refractivity contribution is -0.570. The van der Waals surface area contributed by atoms with Gasteiger partial charge in [-0.05, 0) is 6.07 Å². The fourth-order valence-electron chi connectivity index (χ4n) is 1.38. The molecule has 0 aromatic heterocycles. The molecule has 1 aliphatic heterocycles. The highest BCUT2D eigenvalue weighted by atomic mass is 32.1. The third-order valence-electron chi connectivity index (χ3n) is 2.10. The predicted octanol–water partition coefficient (Wildman–Crippen LogP) is 0.491. The van der Waals surface area contributed by atoms with Gasteiger partial charge in [0.05, 0.1) is 11.8 Å². The van der Waals surface area contributed by atoms with Crippen LogP contribution in [-0.4, -0.2) is 9.82 Å². The zero-order valence-corrected chi connectivity index (χ0v) is 9.47. The Morgan fingerprint density at radius 1 is 1.46 bits per heavy atom. The molecule has 1 unspecified atom stereocenters. The zero-order valence-electron chi connectivity index (χ0n) is 6.94. The van der Waals surface area contributed by atoms with Gasteiger partial charge in [0, 0.05) is 6.07 Å². The van der Waals surface area contributed by atoms with Gasteiger partial charge in [0.1, 0.15) is 0 Å². The summed E-state index contributed by atoms with van der Waals surface area (Å²) in [6, 6.07) is 5.84. The maximum absolute atomic E-state index is 5.25. The van der Waals surface area contributed by atoms with Gasteiger partial charge in [0.15, 0.2) is 5.69 Å². The van der Waals surface area contributed by atoms with Gasteiger partial charge in [-0.15, -0.1) is 12.6 Å². The smallest absolute Gasteiger partial charge is 0.311 e. The number of benzene rings is 1. The van der Waals surface area contributed by atoms with Crippen molar-refractivity contribution in [2.75, 3.05) is 0 Å². The van der Waals surface area contributed by atoms with E-state index in [2.05, 4.69) is 12.6 Å². The van der Waals surface area contributed by atoms with Crippen LogP contribution >= 0.6 is 12.6 Å². The van der Waals surface area contributed by atoms with Crippen LogP contribution in [0.15, 0.2) is 23.1 Å². The van der Waals surface area contributed by atoms with Crippen molar-refractivity contribution >= 4 is 55.5 Å². The van der Waals surface area contributed by atoms with Crippen molar-refractivity contribution in [2.24, 2.45) is 0 Å². The molecule has 1 heterocycles. The van der Waals surface area contributed by atoms with Gasteiger partial charge in [0.25, 0.3) is 5.69 Å².